The molecule has 0 unspecified atom stereocenters. The predicted molar refractivity (Wildman–Crippen MR) is 104 cm³/mol. The molecular formula is C19H19N3O2S2. The number of aromatic nitrogens is 2. The van der Waals surface area contributed by atoms with Crippen LogP contribution < -0.4 is 5.56 Å². The number of aryl methyl sites for hydroxylation is 1. The molecule has 0 N–H and O–H groups in total. The fraction of sp³-hybridized carbons (Fsp3) is 0.421. The van der Waals surface area contributed by atoms with Gasteiger partial charge in [-0.3, -0.25) is 9.36 Å². The highest BCUT2D eigenvalue weighted by atomic mass is 32.2. The van der Waals surface area contributed by atoms with Crippen LogP contribution >= 0.6 is 23.1 Å². The van der Waals surface area contributed by atoms with E-state index in [1.165, 1.54) is 22.2 Å². The number of hydrogen-bond acceptors (Lipinski definition) is 6. The van der Waals surface area contributed by atoms with Gasteiger partial charge in [0.25, 0.3) is 5.56 Å². The van der Waals surface area contributed by atoms with Gasteiger partial charge in [0.1, 0.15) is 10.6 Å². The molecule has 3 aromatic heterocycles. The van der Waals surface area contributed by atoms with Crippen molar-refractivity contribution >= 4 is 33.3 Å². The van der Waals surface area contributed by atoms with E-state index in [0.29, 0.717) is 23.4 Å². The van der Waals surface area contributed by atoms with E-state index < -0.39 is 0 Å². The zero-order valence-corrected chi connectivity index (χ0v) is 16.3. The molecule has 0 aromatic carbocycles. The standard InChI is InChI=1S/C19H19N3O2S2/c1-11-5-6-14-15(8-11)26-17-16(14)18(23)22(10-13-4-3-7-24-13)19(21-17)25-12(2)9-20/h3-4,7,11-12H,5-6,8,10H2,1-2H3/t11-,12-/m0/s1. The van der Waals surface area contributed by atoms with Crippen LogP contribution in [0.5, 0.6) is 0 Å². The molecular weight excluding hydrogens is 366 g/mol. The van der Waals surface area contributed by atoms with Crippen molar-refractivity contribution in [2.24, 2.45) is 5.92 Å². The maximum Gasteiger partial charge on any atom is 0.263 e. The minimum absolute atomic E-state index is 0.0221. The van der Waals surface area contributed by atoms with Gasteiger partial charge in [0, 0.05) is 4.88 Å². The molecule has 1 aliphatic carbocycles. The van der Waals surface area contributed by atoms with Gasteiger partial charge in [-0.1, -0.05) is 18.7 Å². The first kappa shape index (κ1) is 17.4. The predicted octanol–water partition coefficient (Wildman–Crippen LogP) is 4.23. The van der Waals surface area contributed by atoms with Crippen molar-refractivity contribution in [3.63, 3.8) is 0 Å². The highest BCUT2D eigenvalue weighted by Gasteiger charge is 2.25. The van der Waals surface area contributed by atoms with Gasteiger partial charge in [-0.2, -0.15) is 5.26 Å². The minimum atomic E-state index is -0.281. The van der Waals surface area contributed by atoms with Crippen LogP contribution in [0.15, 0.2) is 32.8 Å². The Labute approximate surface area is 159 Å². The average molecular weight is 386 g/mol. The molecule has 2 atom stereocenters. The third-order valence-electron chi connectivity index (χ3n) is 4.74. The largest absolute Gasteiger partial charge is 0.467 e. The van der Waals surface area contributed by atoms with E-state index in [4.69, 9.17) is 9.40 Å². The van der Waals surface area contributed by atoms with Gasteiger partial charge in [0.2, 0.25) is 0 Å². The van der Waals surface area contributed by atoms with Crippen LogP contribution in [0.25, 0.3) is 10.2 Å². The quantitative estimate of drug-likeness (QED) is 0.496. The third-order valence-corrected chi connectivity index (χ3v) is 6.87. The Kier molecular flexibility index (Phi) is 4.63. The Balaban J connectivity index is 1.90. The van der Waals surface area contributed by atoms with Gasteiger partial charge in [0.15, 0.2) is 5.16 Å². The SMILES string of the molecule is C[C@H]1CCc2c(sc3nc(S[C@@H](C)C#N)n(Cc4ccco4)c(=O)c23)C1. The summed E-state index contributed by atoms with van der Waals surface area (Å²) in [4.78, 5) is 20.2. The smallest absolute Gasteiger partial charge is 0.263 e. The number of nitriles is 1. The van der Waals surface area contributed by atoms with E-state index in [-0.39, 0.29) is 10.8 Å². The molecule has 0 fully saturated rings. The molecule has 0 saturated carbocycles. The van der Waals surface area contributed by atoms with Gasteiger partial charge in [-0.15, -0.1) is 11.3 Å². The topological polar surface area (TPSA) is 71.8 Å². The van der Waals surface area contributed by atoms with E-state index in [1.54, 1.807) is 22.2 Å². The number of rotatable bonds is 4. The summed E-state index contributed by atoms with van der Waals surface area (Å²) < 4.78 is 7.10. The van der Waals surface area contributed by atoms with Crippen LogP contribution in [-0.2, 0) is 19.4 Å². The molecule has 3 aromatic rings. The molecule has 5 nitrogen and oxygen atoms in total. The Morgan fingerprint density at radius 1 is 1.58 bits per heavy atom. The first-order chi connectivity index (χ1) is 12.6. The molecule has 0 bridgehead atoms. The third kappa shape index (κ3) is 3.08. The Hall–Kier alpha value is -2.04. The first-order valence-electron chi connectivity index (χ1n) is 8.70. The summed E-state index contributed by atoms with van der Waals surface area (Å²) in [6.45, 7) is 4.40. The molecule has 7 heteroatoms. The monoisotopic (exact) mass is 385 g/mol. The maximum atomic E-state index is 13.4. The summed E-state index contributed by atoms with van der Waals surface area (Å²) in [5, 5.41) is 10.2. The normalized spacial score (nSPS) is 17.8. The van der Waals surface area contributed by atoms with Crippen molar-refractivity contribution in [3.05, 3.63) is 45.0 Å². The van der Waals surface area contributed by atoms with E-state index in [9.17, 15) is 10.1 Å². The number of hydrogen-bond donors (Lipinski definition) is 0. The van der Waals surface area contributed by atoms with E-state index in [1.807, 2.05) is 19.1 Å². The Morgan fingerprint density at radius 2 is 2.42 bits per heavy atom. The van der Waals surface area contributed by atoms with Crippen molar-refractivity contribution in [1.29, 1.82) is 5.26 Å². The molecule has 26 heavy (non-hydrogen) atoms. The summed E-state index contributed by atoms with van der Waals surface area (Å²) in [5.74, 6) is 1.35. The van der Waals surface area contributed by atoms with Crippen LogP contribution in [0.4, 0.5) is 0 Å². The zero-order valence-electron chi connectivity index (χ0n) is 14.7. The maximum absolute atomic E-state index is 13.4. The number of thiophene rings is 1. The van der Waals surface area contributed by atoms with Crippen molar-refractivity contribution < 1.29 is 4.42 Å². The summed E-state index contributed by atoms with van der Waals surface area (Å²) in [6.07, 6.45) is 4.67. The lowest BCUT2D eigenvalue weighted by Gasteiger charge is -2.17. The Bertz CT molecular complexity index is 1040. The van der Waals surface area contributed by atoms with Gasteiger partial charge < -0.3 is 4.42 Å². The van der Waals surface area contributed by atoms with Gasteiger partial charge in [-0.25, -0.2) is 4.98 Å². The summed E-state index contributed by atoms with van der Waals surface area (Å²) in [5.41, 5.74) is 1.16. The highest BCUT2D eigenvalue weighted by molar-refractivity contribution is 8.00. The first-order valence-corrected chi connectivity index (χ1v) is 10.4. The number of thioether (sulfide) groups is 1. The summed E-state index contributed by atoms with van der Waals surface area (Å²) in [7, 11) is 0. The molecule has 1 aliphatic rings. The van der Waals surface area contributed by atoms with Crippen LogP contribution in [0.1, 0.15) is 36.5 Å². The average Bonchev–Trinajstić information content (AvgIpc) is 3.24. The lowest BCUT2D eigenvalue weighted by Crippen LogP contribution is -2.25. The molecule has 0 spiro atoms. The van der Waals surface area contributed by atoms with Crippen molar-refractivity contribution in [2.75, 3.05) is 0 Å². The molecule has 134 valence electrons. The number of furan rings is 1. The van der Waals surface area contributed by atoms with Gasteiger partial charge >= 0.3 is 0 Å². The van der Waals surface area contributed by atoms with Crippen molar-refractivity contribution in [2.45, 2.75) is 50.1 Å². The minimum Gasteiger partial charge on any atom is -0.467 e. The number of fused-ring (bicyclic) bond motifs is 3. The van der Waals surface area contributed by atoms with Crippen molar-refractivity contribution in [3.8, 4) is 6.07 Å². The van der Waals surface area contributed by atoms with Crippen LogP contribution in [0.2, 0.25) is 0 Å². The van der Waals surface area contributed by atoms with Gasteiger partial charge in [-0.05, 0) is 49.8 Å². The second-order valence-corrected chi connectivity index (χ2v) is 9.18. The lowest BCUT2D eigenvalue weighted by atomic mass is 9.89. The van der Waals surface area contributed by atoms with E-state index in [0.717, 1.165) is 29.5 Å². The van der Waals surface area contributed by atoms with E-state index >= 15 is 0 Å². The van der Waals surface area contributed by atoms with Crippen LogP contribution in [-0.4, -0.2) is 14.8 Å². The second-order valence-electron chi connectivity index (χ2n) is 6.79. The lowest BCUT2D eigenvalue weighted by molar-refractivity contribution is 0.476. The number of nitrogens with zero attached hydrogens (tertiary/aromatic N) is 3. The van der Waals surface area contributed by atoms with E-state index in [2.05, 4.69) is 13.0 Å². The fourth-order valence-electron chi connectivity index (χ4n) is 3.38. The van der Waals surface area contributed by atoms with Crippen molar-refractivity contribution in [1.82, 2.24) is 9.55 Å². The highest BCUT2D eigenvalue weighted by Crippen LogP contribution is 2.37. The molecule has 0 aliphatic heterocycles. The summed E-state index contributed by atoms with van der Waals surface area (Å²) in [6, 6.07) is 5.87. The Morgan fingerprint density at radius 3 is 3.15 bits per heavy atom. The zero-order chi connectivity index (χ0) is 18.3. The molecule has 0 amide bonds. The van der Waals surface area contributed by atoms with Crippen LogP contribution in [0, 0.1) is 17.2 Å². The van der Waals surface area contributed by atoms with Gasteiger partial charge in [0.05, 0.1) is 29.5 Å². The second kappa shape index (κ2) is 6.93. The molecule has 4 rings (SSSR count). The fourth-order valence-corrected chi connectivity index (χ4v) is 5.60. The summed E-state index contributed by atoms with van der Waals surface area (Å²) >= 11 is 2.96. The van der Waals surface area contributed by atoms with Crippen LogP contribution in [0.3, 0.4) is 0 Å². The molecule has 0 saturated heterocycles. The molecule has 0 radical (unpaired) electrons. The molecule has 3 heterocycles.